The second-order valence-corrected chi connectivity index (χ2v) is 9.82. The molecule has 2 N–H and O–H groups in total. The molecule has 210 valence electrons. The summed E-state index contributed by atoms with van der Waals surface area (Å²) in [5, 5.41) is 13.6. The zero-order valence-electron chi connectivity index (χ0n) is 22.1. The van der Waals surface area contributed by atoms with Crippen LogP contribution in [0.4, 0.5) is 23.2 Å². The molecule has 8 nitrogen and oxygen atoms in total. The Hall–Kier alpha value is -4.32. The van der Waals surface area contributed by atoms with E-state index >= 15 is 0 Å². The van der Waals surface area contributed by atoms with Crippen molar-refractivity contribution < 1.29 is 22.4 Å². The Morgan fingerprint density at radius 2 is 1.88 bits per heavy atom. The molecule has 0 saturated heterocycles. The summed E-state index contributed by atoms with van der Waals surface area (Å²) in [6, 6.07) is 12.1. The molecule has 2 heterocycles. The number of halogens is 4. The van der Waals surface area contributed by atoms with E-state index in [9.17, 15) is 27.2 Å². The molecule has 4 aromatic rings. The summed E-state index contributed by atoms with van der Waals surface area (Å²) in [6.07, 6.45) is -2.00. The van der Waals surface area contributed by atoms with Gasteiger partial charge in [0, 0.05) is 30.1 Å². The van der Waals surface area contributed by atoms with Crippen LogP contribution in [-0.2, 0) is 13.1 Å². The number of alkyl halides is 3. The van der Waals surface area contributed by atoms with Crippen LogP contribution in [0.2, 0.25) is 0 Å². The Morgan fingerprint density at radius 3 is 2.55 bits per heavy atom. The van der Waals surface area contributed by atoms with Gasteiger partial charge in [0.25, 0.3) is 11.5 Å². The fourth-order valence-electron chi connectivity index (χ4n) is 4.18. The Morgan fingerprint density at radius 1 is 1.10 bits per heavy atom. The number of hydrogen-bond acceptors (Lipinski definition) is 5. The number of carbonyl (C=O) groups is 1. The standard InChI is InChI=1S/C28H28F4N6O2/c1-17(2)12-33-14-19-9-24(27(40)37(15-19)16-28(30,31)32)26(39)35-22-6-4-5-20(10-22)23-8-7-21(29)11-25(23)38-18(3)13-34-36-38/h4-11,13,15,17,33H,12,14,16H2,1-3H3,(H,35,39). The van der Waals surface area contributed by atoms with Gasteiger partial charge in [-0.25, -0.2) is 9.07 Å². The van der Waals surface area contributed by atoms with Crippen LogP contribution >= 0.6 is 0 Å². The lowest BCUT2D eigenvalue weighted by molar-refractivity contribution is -0.141. The highest BCUT2D eigenvalue weighted by Gasteiger charge is 2.29. The van der Waals surface area contributed by atoms with Gasteiger partial charge < -0.3 is 15.2 Å². The van der Waals surface area contributed by atoms with Crippen molar-refractivity contribution in [3.63, 3.8) is 0 Å². The molecule has 2 aromatic carbocycles. The highest BCUT2D eigenvalue weighted by molar-refractivity contribution is 6.04. The average molecular weight is 557 g/mol. The minimum atomic E-state index is -4.65. The maximum atomic E-state index is 14.1. The summed E-state index contributed by atoms with van der Waals surface area (Å²) in [5.74, 6) is -1.03. The summed E-state index contributed by atoms with van der Waals surface area (Å²) in [7, 11) is 0. The zero-order valence-corrected chi connectivity index (χ0v) is 22.1. The molecule has 0 aliphatic heterocycles. The van der Waals surface area contributed by atoms with Crippen molar-refractivity contribution in [2.24, 2.45) is 5.92 Å². The summed E-state index contributed by atoms with van der Waals surface area (Å²) in [6.45, 7) is 4.99. The van der Waals surface area contributed by atoms with Crippen LogP contribution in [0.1, 0.15) is 35.5 Å². The number of nitrogens with one attached hydrogen (secondary N) is 2. The van der Waals surface area contributed by atoms with Crippen LogP contribution < -0.4 is 16.2 Å². The van der Waals surface area contributed by atoms with Crippen molar-refractivity contribution >= 4 is 11.6 Å². The Labute approximate surface area is 227 Å². The first-order valence-electron chi connectivity index (χ1n) is 12.5. The number of amides is 1. The maximum absolute atomic E-state index is 14.1. The SMILES string of the molecule is Cc1cnnn1-c1cc(F)ccc1-c1cccc(NC(=O)c2cc(CNCC(C)C)cn(CC(F)(F)F)c2=O)c1. The lowest BCUT2D eigenvalue weighted by Crippen LogP contribution is -2.34. The lowest BCUT2D eigenvalue weighted by Gasteiger charge is -2.15. The van der Waals surface area contributed by atoms with Gasteiger partial charge in [0.05, 0.1) is 17.6 Å². The van der Waals surface area contributed by atoms with Gasteiger partial charge in [0.2, 0.25) is 0 Å². The van der Waals surface area contributed by atoms with Gasteiger partial charge in [-0.1, -0.05) is 31.2 Å². The van der Waals surface area contributed by atoms with Crippen LogP contribution in [0.15, 0.2) is 65.7 Å². The summed E-state index contributed by atoms with van der Waals surface area (Å²) in [5.41, 5.74) is 1.48. The van der Waals surface area contributed by atoms with Gasteiger partial charge in [-0.3, -0.25) is 9.59 Å². The molecule has 0 spiro atoms. The molecule has 12 heteroatoms. The molecule has 4 rings (SSSR count). The van der Waals surface area contributed by atoms with Gasteiger partial charge in [-0.15, -0.1) is 5.10 Å². The summed E-state index contributed by atoms with van der Waals surface area (Å²) >= 11 is 0. The number of rotatable bonds is 9. The number of benzene rings is 2. The maximum Gasteiger partial charge on any atom is 0.406 e. The van der Waals surface area contributed by atoms with Gasteiger partial charge in [-0.2, -0.15) is 13.2 Å². The smallest absolute Gasteiger partial charge is 0.322 e. The minimum Gasteiger partial charge on any atom is -0.322 e. The van der Waals surface area contributed by atoms with E-state index in [-0.39, 0.29) is 12.2 Å². The van der Waals surface area contributed by atoms with Gasteiger partial charge in [0.1, 0.15) is 17.9 Å². The second-order valence-electron chi connectivity index (χ2n) is 9.82. The molecule has 2 aromatic heterocycles. The van der Waals surface area contributed by atoms with Gasteiger partial charge in [0.15, 0.2) is 0 Å². The molecule has 0 bridgehead atoms. The number of nitrogens with zero attached hydrogens (tertiary/aromatic N) is 4. The third kappa shape index (κ3) is 7.00. The van der Waals surface area contributed by atoms with Crippen molar-refractivity contribution in [2.75, 3.05) is 11.9 Å². The van der Waals surface area contributed by atoms with E-state index in [1.54, 1.807) is 37.3 Å². The first-order valence-corrected chi connectivity index (χ1v) is 12.5. The third-order valence-corrected chi connectivity index (χ3v) is 5.96. The molecule has 1 amide bonds. The predicted molar refractivity (Wildman–Crippen MR) is 143 cm³/mol. The van der Waals surface area contributed by atoms with Crippen LogP contribution in [0.25, 0.3) is 16.8 Å². The molecule has 0 atom stereocenters. The number of aryl methyl sites for hydroxylation is 1. The minimum absolute atomic E-state index is 0.182. The van der Waals surface area contributed by atoms with Crippen LogP contribution in [0, 0.1) is 18.7 Å². The summed E-state index contributed by atoms with van der Waals surface area (Å²) in [4.78, 5) is 26.1. The van der Waals surface area contributed by atoms with Crippen LogP contribution in [0.5, 0.6) is 0 Å². The van der Waals surface area contributed by atoms with Crippen molar-refractivity contribution in [1.82, 2.24) is 24.9 Å². The fraction of sp³-hybridized carbons (Fsp3) is 0.286. The Kier molecular flexibility index (Phi) is 8.48. The number of hydrogen-bond donors (Lipinski definition) is 2. The highest BCUT2D eigenvalue weighted by Crippen LogP contribution is 2.30. The van der Waals surface area contributed by atoms with Gasteiger partial charge in [-0.05, 0) is 60.8 Å². The predicted octanol–water partition coefficient (Wildman–Crippen LogP) is 5.10. The molecule has 0 aliphatic carbocycles. The Balaban J connectivity index is 1.66. The van der Waals surface area contributed by atoms with Crippen molar-refractivity contribution in [1.29, 1.82) is 0 Å². The molecule has 0 unspecified atom stereocenters. The summed E-state index contributed by atoms with van der Waals surface area (Å²) < 4.78 is 55.6. The zero-order chi connectivity index (χ0) is 29.0. The van der Waals surface area contributed by atoms with Crippen LogP contribution in [-0.4, -0.2) is 38.2 Å². The number of pyridine rings is 1. The van der Waals surface area contributed by atoms with Crippen molar-refractivity contribution in [2.45, 2.75) is 40.0 Å². The van der Waals surface area contributed by atoms with E-state index in [0.717, 1.165) is 6.20 Å². The second kappa shape index (κ2) is 11.8. The van der Waals surface area contributed by atoms with Crippen molar-refractivity contribution in [3.05, 3.63) is 93.9 Å². The fourth-order valence-corrected chi connectivity index (χ4v) is 4.18. The quantitative estimate of drug-likeness (QED) is 0.280. The monoisotopic (exact) mass is 556 g/mol. The molecular weight excluding hydrogens is 528 g/mol. The lowest BCUT2D eigenvalue weighted by atomic mass is 10.0. The molecule has 0 saturated carbocycles. The van der Waals surface area contributed by atoms with E-state index in [0.29, 0.717) is 45.1 Å². The highest BCUT2D eigenvalue weighted by atomic mass is 19.4. The Bertz CT molecular complexity index is 1580. The molecule has 0 aliphatic rings. The number of carbonyl (C=O) groups excluding carboxylic acids is 1. The van der Waals surface area contributed by atoms with E-state index in [2.05, 4.69) is 20.9 Å². The van der Waals surface area contributed by atoms with Crippen molar-refractivity contribution in [3.8, 4) is 16.8 Å². The first-order chi connectivity index (χ1) is 18.9. The molecule has 40 heavy (non-hydrogen) atoms. The van der Waals surface area contributed by atoms with E-state index in [4.69, 9.17) is 0 Å². The number of anilines is 1. The third-order valence-electron chi connectivity index (χ3n) is 5.96. The molecule has 0 radical (unpaired) electrons. The average Bonchev–Trinajstić information content (AvgIpc) is 3.30. The van der Waals surface area contributed by atoms with E-state index in [1.807, 2.05) is 13.8 Å². The topological polar surface area (TPSA) is 93.8 Å². The van der Waals surface area contributed by atoms with E-state index in [1.165, 1.54) is 29.1 Å². The largest absolute Gasteiger partial charge is 0.406 e. The molecular formula is C28H28F4N6O2. The van der Waals surface area contributed by atoms with Gasteiger partial charge >= 0.3 is 6.18 Å². The molecule has 0 fully saturated rings. The van der Waals surface area contributed by atoms with E-state index < -0.39 is 35.6 Å². The number of aromatic nitrogens is 4. The first kappa shape index (κ1) is 28.7. The normalized spacial score (nSPS) is 11.7. The van der Waals surface area contributed by atoms with Crippen LogP contribution in [0.3, 0.4) is 0 Å².